The zero-order valence-electron chi connectivity index (χ0n) is 16.4. The molecule has 2 saturated heterocycles. The fraction of sp³-hybridized carbons (Fsp3) is 0.409. The normalized spacial score (nSPS) is 22.2. The molecular weight excluding hydrogens is 366 g/mol. The van der Waals surface area contributed by atoms with Crippen molar-refractivity contribution in [1.82, 2.24) is 4.90 Å². The maximum Gasteiger partial charge on any atom is 0.313 e. The van der Waals surface area contributed by atoms with Crippen LogP contribution in [0.5, 0.6) is 0 Å². The number of hydrogen-bond donors (Lipinski definition) is 0. The second-order valence-corrected chi connectivity index (χ2v) is 7.60. The molecule has 2 atom stereocenters. The number of carbonyl (C=O) groups is 1. The molecule has 2 aromatic carbocycles. The third-order valence-corrected chi connectivity index (χ3v) is 5.70. The Morgan fingerprint density at radius 1 is 1.03 bits per heavy atom. The fourth-order valence-electron chi connectivity index (χ4n) is 4.09. The Labute approximate surface area is 170 Å². The molecule has 2 heterocycles. The number of anilines is 1. The van der Waals surface area contributed by atoms with Crippen LogP contribution in [0.2, 0.25) is 0 Å². The van der Waals surface area contributed by atoms with Gasteiger partial charge >= 0.3 is 5.97 Å². The molecule has 2 fully saturated rings. The minimum absolute atomic E-state index is 0.198. The van der Waals surface area contributed by atoms with Crippen LogP contribution in [0.25, 0.3) is 10.4 Å². The Bertz CT molecular complexity index is 872. The van der Waals surface area contributed by atoms with Gasteiger partial charge in [-0.05, 0) is 28.8 Å². The van der Waals surface area contributed by atoms with E-state index in [0.717, 1.165) is 38.3 Å². The molecular formula is C22H25N5O2. The van der Waals surface area contributed by atoms with E-state index in [-0.39, 0.29) is 24.5 Å². The lowest BCUT2D eigenvalue weighted by Crippen LogP contribution is -2.45. The SMILES string of the molecule is [N-]=[N+]=NCC1C[C@H](c2ccc(N3CCN(Cc4ccccc4)CC3)cc2)C(=O)O1. The average molecular weight is 391 g/mol. The maximum absolute atomic E-state index is 12.1. The van der Waals surface area contributed by atoms with E-state index >= 15 is 0 Å². The lowest BCUT2D eigenvalue weighted by Gasteiger charge is -2.36. The molecule has 0 aliphatic carbocycles. The number of hydrogen-bond acceptors (Lipinski definition) is 5. The van der Waals surface area contributed by atoms with Gasteiger partial charge < -0.3 is 9.64 Å². The Morgan fingerprint density at radius 2 is 1.76 bits per heavy atom. The van der Waals surface area contributed by atoms with Crippen LogP contribution in [0.15, 0.2) is 59.7 Å². The number of rotatable bonds is 6. The molecule has 1 unspecified atom stereocenters. The zero-order chi connectivity index (χ0) is 20.1. The standard InChI is InChI=1S/C22H25N5O2/c23-25-24-15-20-14-21(22(28)29-20)18-6-8-19(9-7-18)27-12-10-26(11-13-27)16-17-4-2-1-3-5-17/h1-9,20-21H,10-16H2/t20?,21-/m1/s1. The summed E-state index contributed by atoms with van der Waals surface area (Å²) in [6.07, 6.45) is 0.246. The van der Waals surface area contributed by atoms with Gasteiger partial charge in [0, 0.05) is 49.7 Å². The number of azide groups is 1. The highest BCUT2D eigenvalue weighted by Gasteiger charge is 2.35. The van der Waals surface area contributed by atoms with E-state index in [0.29, 0.717) is 6.42 Å². The summed E-state index contributed by atoms with van der Waals surface area (Å²) in [6, 6.07) is 18.8. The summed E-state index contributed by atoms with van der Waals surface area (Å²) < 4.78 is 5.32. The van der Waals surface area contributed by atoms with Crippen LogP contribution in [0.3, 0.4) is 0 Å². The van der Waals surface area contributed by atoms with Crippen LogP contribution < -0.4 is 4.90 Å². The number of carbonyl (C=O) groups excluding carboxylic acids is 1. The van der Waals surface area contributed by atoms with E-state index in [1.165, 1.54) is 11.3 Å². The van der Waals surface area contributed by atoms with Crippen LogP contribution in [-0.2, 0) is 16.1 Å². The van der Waals surface area contributed by atoms with Gasteiger partial charge in [0.05, 0.1) is 12.5 Å². The van der Waals surface area contributed by atoms with Crippen LogP contribution in [-0.4, -0.2) is 49.7 Å². The number of cyclic esters (lactones) is 1. The van der Waals surface area contributed by atoms with E-state index < -0.39 is 0 Å². The summed E-state index contributed by atoms with van der Waals surface area (Å²) in [6.45, 7) is 5.25. The van der Waals surface area contributed by atoms with Crippen molar-refractivity contribution in [2.24, 2.45) is 5.11 Å². The molecule has 0 spiro atoms. The minimum Gasteiger partial charge on any atom is -0.462 e. The molecule has 2 aromatic rings. The molecule has 0 aromatic heterocycles. The summed E-state index contributed by atoms with van der Waals surface area (Å²) in [4.78, 5) is 19.8. The van der Waals surface area contributed by atoms with Gasteiger partial charge in [0.25, 0.3) is 0 Å². The van der Waals surface area contributed by atoms with Crippen LogP contribution in [0, 0.1) is 0 Å². The van der Waals surface area contributed by atoms with Gasteiger partial charge in [-0.3, -0.25) is 9.69 Å². The molecule has 2 aliphatic rings. The van der Waals surface area contributed by atoms with Crippen molar-refractivity contribution < 1.29 is 9.53 Å². The van der Waals surface area contributed by atoms with E-state index in [9.17, 15) is 4.79 Å². The smallest absolute Gasteiger partial charge is 0.313 e. The molecule has 0 amide bonds. The first-order valence-electron chi connectivity index (χ1n) is 10.1. The summed E-state index contributed by atoms with van der Waals surface area (Å²) >= 11 is 0. The third kappa shape index (κ3) is 4.70. The van der Waals surface area contributed by atoms with Crippen LogP contribution in [0.1, 0.15) is 23.5 Å². The van der Waals surface area contributed by atoms with Crippen LogP contribution >= 0.6 is 0 Å². The Hall–Kier alpha value is -3.02. The molecule has 0 bridgehead atoms. The molecule has 7 nitrogen and oxygen atoms in total. The fourth-order valence-corrected chi connectivity index (χ4v) is 4.09. The summed E-state index contributed by atoms with van der Waals surface area (Å²) in [5.74, 6) is -0.504. The first kappa shape index (κ1) is 19.3. The zero-order valence-corrected chi connectivity index (χ0v) is 16.4. The highest BCUT2D eigenvalue weighted by Crippen LogP contribution is 2.32. The van der Waals surface area contributed by atoms with Gasteiger partial charge in [-0.25, -0.2) is 0 Å². The minimum atomic E-state index is -0.319. The number of benzene rings is 2. The average Bonchev–Trinajstić information content (AvgIpc) is 3.14. The van der Waals surface area contributed by atoms with Gasteiger partial charge in [0.1, 0.15) is 6.10 Å². The van der Waals surface area contributed by atoms with Crippen molar-refractivity contribution in [3.8, 4) is 0 Å². The number of nitrogens with zero attached hydrogens (tertiary/aromatic N) is 5. The number of piperazine rings is 1. The topological polar surface area (TPSA) is 81.5 Å². The Kier molecular flexibility index (Phi) is 5.98. The quantitative estimate of drug-likeness (QED) is 0.325. The van der Waals surface area contributed by atoms with E-state index in [1.54, 1.807) is 0 Å². The highest BCUT2D eigenvalue weighted by atomic mass is 16.6. The first-order chi connectivity index (χ1) is 14.2. The number of ether oxygens (including phenoxy) is 1. The van der Waals surface area contributed by atoms with Gasteiger partial charge in [0.2, 0.25) is 0 Å². The molecule has 4 rings (SSSR count). The Balaban J connectivity index is 1.32. The van der Waals surface area contributed by atoms with Crippen molar-refractivity contribution in [3.63, 3.8) is 0 Å². The Morgan fingerprint density at radius 3 is 2.45 bits per heavy atom. The van der Waals surface area contributed by atoms with Crippen LogP contribution in [0.4, 0.5) is 5.69 Å². The molecule has 0 radical (unpaired) electrons. The number of esters is 1. The van der Waals surface area contributed by atoms with Gasteiger partial charge in [-0.15, -0.1) is 0 Å². The third-order valence-electron chi connectivity index (χ3n) is 5.70. The molecule has 29 heavy (non-hydrogen) atoms. The predicted octanol–water partition coefficient (Wildman–Crippen LogP) is 3.72. The highest BCUT2D eigenvalue weighted by molar-refractivity contribution is 5.80. The lowest BCUT2D eigenvalue weighted by atomic mass is 9.95. The van der Waals surface area contributed by atoms with Crippen molar-refractivity contribution in [1.29, 1.82) is 0 Å². The van der Waals surface area contributed by atoms with E-state index in [4.69, 9.17) is 10.3 Å². The molecule has 0 N–H and O–H groups in total. The lowest BCUT2D eigenvalue weighted by molar-refractivity contribution is -0.142. The predicted molar refractivity (Wildman–Crippen MR) is 112 cm³/mol. The van der Waals surface area contributed by atoms with Gasteiger partial charge in [0.15, 0.2) is 0 Å². The summed E-state index contributed by atoms with van der Waals surface area (Å²) in [7, 11) is 0. The molecule has 0 saturated carbocycles. The van der Waals surface area contributed by atoms with E-state index in [2.05, 4.69) is 62.3 Å². The van der Waals surface area contributed by atoms with Crippen molar-refractivity contribution >= 4 is 11.7 Å². The molecule has 150 valence electrons. The van der Waals surface area contributed by atoms with Crippen molar-refractivity contribution in [3.05, 3.63) is 76.2 Å². The summed E-state index contributed by atoms with van der Waals surface area (Å²) in [5, 5.41) is 3.52. The van der Waals surface area contributed by atoms with Crippen molar-refractivity contribution in [2.75, 3.05) is 37.6 Å². The summed E-state index contributed by atoms with van der Waals surface area (Å²) in [5.41, 5.74) is 11.9. The largest absolute Gasteiger partial charge is 0.462 e. The monoisotopic (exact) mass is 391 g/mol. The molecule has 7 heteroatoms. The van der Waals surface area contributed by atoms with Gasteiger partial charge in [-0.2, -0.15) is 0 Å². The van der Waals surface area contributed by atoms with Gasteiger partial charge in [-0.1, -0.05) is 47.6 Å². The first-order valence-corrected chi connectivity index (χ1v) is 10.1. The molecule has 2 aliphatic heterocycles. The second-order valence-electron chi connectivity index (χ2n) is 7.60. The maximum atomic E-state index is 12.1. The van der Waals surface area contributed by atoms with Crippen molar-refractivity contribution in [2.45, 2.75) is 25.0 Å². The van der Waals surface area contributed by atoms with E-state index in [1.807, 2.05) is 12.1 Å². The second kappa shape index (κ2) is 8.99.